The topological polar surface area (TPSA) is 0 Å². The largest absolute Gasteiger partial charge is 0.0619 e. The third kappa shape index (κ3) is 4.90. The summed E-state index contributed by atoms with van der Waals surface area (Å²) in [6.45, 7) is 9.52. The lowest BCUT2D eigenvalue weighted by Gasteiger charge is -2.23. The van der Waals surface area contributed by atoms with Crippen molar-refractivity contribution in [2.45, 2.75) is 38.5 Å². The molecular formula is C62H44. The van der Waals surface area contributed by atoms with Gasteiger partial charge < -0.3 is 0 Å². The van der Waals surface area contributed by atoms with Gasteiger partial charge in [0.05, 0.1) is 0 Å². The molecular weight excluding hydrogens is 745 g/mol. The van der Waals surface area contributed by atoms with Crippen LogP contribution in [0.4, 0.5) is 0 Å². The molecule has 0 heteroatoms. The lowest BCUT2D eigenvalue weighted by molar-refractivity contribution is 0.660. The van der Waals surface area contributed by atoms with E-state index >= 15 is 0 Å². The van der Waals surface area contributed by atoms with Crippen molar-refractivity contribution in [3.8, 4) is 55.6 Å². The molecule has 0 saturated carbocycles. The molecule has 0 atom stereocenters. The van der Waals surface area contributed by atoms with Gasteiger partial charge in [-0.3, -0.25) is 0 Å². The second-order valence-electron chi connectivity index (χ2n) is 18.8. The third-order valence-corrected chi connectivity index (χ3v) is 14.8. The monoisotopic (exact) mass is 788 g/mol. The van der Waals surface area contributed by atoms with Gasteiger partial charge in [-0.05, 0) is 168 Å². The summed E-state index contributed by atoms with van der Waals surface area (Å²) in [5, 5.41) is 12.8. The summed E-state index contributed by atoms with van der Waals surface area (Å²) in [5.74, 6) is 0. The van der Waals surface area contributed by atoms with E-state index in [-0.39, 0.29) is 10.8 Å². The molecule has 2 aliphatic rings. The fourth-order valence-electron chi connectivity index (χ4n) is 11.6. The summed E-state index contributed by atoms with van der Waals surface area (Å²) >= 11 is 0. The van der Waals surface area contributed by atoms with Crippen LogP contribution >= 0.6 is 0 Å². The van der Waals surface area contributed by atoms with Crippen LogP contribution in [0.2, 0.25) is 0 Å². The molecule has 0 aromatic heterocycles. The second kappa shape index (κ2) is 12.6. The number of hydrogen-bond donors (Lipinski definition) is 0. The molecule has 0 heterocycles. The minimum atomic E-state index is -0.0867. The van der Waals surface area contributed by atoms with Crippen LogP contribution in [-0.4, -0.2) is 0 Å². The van der Waals surface area contributed by atoms with E-state index in [0.717, 1.165) is 0 Å². The van der Waals surface area contributed by atoms with Crippen molar-refractivity contribution in [1.82, 2.24) is 0 Å². The van der Waals surface area contributed by atoms with Crippen LogP contribution in [0.25, 0.3) is 109 Å². The number of rotatable bonds is 3. The molecule has 2 aliphatic carbocycles. The quantitative estimate of drug-likeness (QED) is 0.156. The van der Waals surface area contributed by atoms with Crippen LogP contribution in [0.1, 0.15) is 49.9 Å². The van der Waals surface area contributed by atoms with E-state index in [9.17, 15) is 0 Å². The molecule has 0 bridgehead atoms. The fourth-order valence-corrected chi connectivity index (χ4v) is 11.6. The molecule has 0 radical (unpaired) electrons. The second-order valence-corrected chi connectivity index (χ2v) is 18.8. The highest BCUT2D eigenvalue weighted by atomic mass is 14.4. The summed E-state index contributed by atoms with van der Waals surface area (Å²) < 4.78 is 0. The fraction of sp³-hybridized carbons (Fsp3) is 0.0968. The van der Waals surface area contributed by atoms with Gasteiger partial charge in [0.2, 0.25) is 0 Å². The first kappa shape index (κ1) is 35.5. The van der Waals surface area contributed by atoms with E-state index in [1.807, 2.05) is 0 Å². The van der Waals surface area contributed by atoms with Crippen molar-refractivity contribution in [2.24, 2.45) is 0 Å². The van der Waals surface area contributed by atoms with Gasteiger partial charge in [0.25, 0.3) is 0 Å². The third-order valence-electron chi connectivity index (χ3n) is 14.8. The predicted molar refractivity (Wildman–Crippen MR) is 265 cm³/mol. The zero-order valence-corrected chi connectivity index (χ0v) is 35.5. The minimum Gasteiger partial charge on any atom is -0.0619 e. The maximum absolute atomic E-state index is 2.50. The molecule has 62 heavy (non-hydrogen) atoms. The Morgan fingerprint density at radius 2 is 0.645 bits per heavy atom. The summed E-state index contributed by atoms with van der Waals surface area (Å²) in [5.41, 5.74) is 18.4. The van der Waals surface area contributed by atoms with E-state index in [4.69, 9.17) is 0 Å². The van der Waals surface area contributed by atoms with Gasteiger partial charge in [-0.1, -0.05) is 185 Å². The lowest BCUT2D eigenvalue weighted by atomic mass is 9.80. The van der Waals surface area contributed by atoms with Gasteiger partial charge in [0.1, 0.15) is 0 Å². The zero-order chi connectivity index (χ0) is 41.5. The Labute approximate surface area is 362 Å². The normalized spacial score (nSPS) is 14.4. The Kier molecular flexibility index (Phi) is 7.23. The number of fused-ring (bicyclic) bond motifs is 14. The van der Waals surface area contributed by atoms with E-state index in [1.165, 1.54) is 132 Å². The molecule has 11 aromatic carbocycles. The molecule has 0 unspecified atom stereocenters. The SMILES string of the molecule is CC1(C)c2ccccc2-c2ccc(-c3cc4c5cc(-c6ccc7c(ccc8ccccc87)c6)ccc5c(-c5ccc6c(c5)C(C)(C)c5ccccc5-6)cc4c4ccccc34)cc21. The van der Waals surface area contributed by atoms with E-state index in [2.05, 4.69) is 222 Å². The molecule has 0 nitrogen and oxygen atoms in total. The molecule has 0 aliphatic heterocycles. The van der Waals surface area contributed by atoms with Gasteiger partial charge in [-0.2, -0.15) is 0 Å². The Balaban J connectivity index is 1.07. The highest BCUT2D eigenvalue weighted by Gasteiger charge is 2.36. The Bertz CT molecular complexity index is 3740. The zero-order valence-electron chi connectivity index (χ0n) is 35.5. The number of hydrogen-bond acceptors (Lipinski definition) is 0. The van der Waals surface area contributed by atoms with Crippen LogP contribution < -0.4 is 0 Å². The highest BCUT2D eigenvalue weighted by Crippen LogP contribution is 2.52. The molecule has 292 valence electrons. The van der Waals surface area contributed by atoms with Crippen LogP contribution in [0, 0.1) is 0 Å². The predicted octanol–water partition coefficient (Wildman–Crippen LogP) is 17.1. The standard InChI is InChI=1S/C62H44/c1-61(2)57-19-11-9-17-48(57)50-29-25-41(33-59(50)61)52-36-56-54-32-39(38-23-27-44-40(31-38)22-21-37-13-5-6-14-43(37)44)24-28-47(54)53(35-55(56)46-16-8-7-15-45(46)52)42-26-30-51-49-18-10-12-20-58(49)62(3,4)60(51)34-42/h5-36H,1-4H3. The van der Waals surface area contributed by atoms with Crippen molar-refractivity contribution in [1.29, 1.82) is 0 Å². The Hall–Kier alpha value is -7.28. The van der Waals surface area contributed by atoms with Crippen LogP contribution in [-0.2, 0) is 10.8 Å². The summed E-state index contributed by atoms with van der Waals surface area (Å²) in [6, 6.07) is 73.8. The van der Waals surface area contributed by atoms with Crippen molar-refractivity contribution >= 4 is 53.9 Å². The average Bonchev–Trinajstić information content (AvgIpc) is 3.69. The minimum absolute atomic E-state index is 0.0803. The Morgan fingerprint density at radius 1 is 0.226 bits per heavy atom. The van der Waals surface area contributed by atoms with E-state index < -0.39 is 0 Å². The smallest absolute Gasteiger partial charge is 0.0159 e. The summed E-state index contributed by atoms with van der Waals surface area (Å²) in [7, 11) is 0. The molecule has 0 amide bonds. The van der Waals surface area contributed by atoms with Gasteiger partial charge in [0, 0.05) is 10.8 Å². The summed E-state index contributed by atoms with van der Waals surface area (Å²) in [6.07, 6.45) is 0. The van der Waals surface area contributed by atoms with Crippen molar-refractivity contribution in [2.75, 3.05) is 0 Å². The van der Waals surface area contributed by atoms with Crippen LogP contribution in [0.15, 0.2) is 194 Å². The maximum atomic E-state index is 2.50. The van der Waals surface area contributed by atoms with E-state index in [1.54, 1.807) is 0 Å². The van der Waals surface area contributed by atoms with Gasteiger partial charge in [-0.15, -0.1) is 0 Å². The van der Waals surface area contributed by atoms with Crippen LogP contribution in [0.3, 0.4) is 0 Å². The van der Waals surface area contributed by atoms with Gasteiger partial charge >= 0.3 is 0 Å². The maximum Gasteiger partial charge on any atom is 0.0159 e. The number of benzene rings is 11. The van der Waals surface area contributed by atoms with Gasteiger partial charge in [0.15, 0.2) is 0 Å². The van der Waals surface area contributed by atoms with Gasteiger partial charge in [-0.25, -0.2) is 0 Å². The molecule has 0 saturated heterocycles. The average molecular weight is 789 g/mol. The first-order valence-corrected chi connectivity index (χ1v) is 22.1. The first-order chi connectivity index (χ1) is 30.2. The van der Waals surface area contributed by atoms with Crippen molar-refractivity contribution in [3.63, 3.8) is 0 Å². The van der Waals surface area contributed by atoms with Crippen molar-refractivity contribution < 1.29 is 0 Å². The van der Waals surface area contributed by atoms with Crippen LogP contribution in [0.5, 0.6) is 0 Å². The molecule has 0 spiro atoms. The van der Waals surface area contributed by atoms with E-state index in [0.29, 0.717) is 0 Å². The molecule has 0 N–H and O–H groups in total. The molecule has 11 aromatic rings. The highest BCUT2D eigenvalue weighted by molar-refractivity contribution is 6.24. The molecule has 0 fully saturated rings. The first-order valence-electron chi connectivity index (χ1n) is 22.1. The summed E-state index contributed by atoms with van der Waals surface area (Å²) in [4.78, 5) is 0. The lowest BCUT2D eigenvalue weighted by Crippen LogP contribution is -2.14. The Morgan fingerprint density at radius 3 is 1.29 bits per heavy atom. The van der Waals surface area contributed by atoms with Crippen molar-refractivity contribution in [3.05, 3.63) is 216 Å². The molecule has 13 rings (SSSR count).